The van der Waals surface area contributed by atoms with Crippen molar-refractivity contribution in [1.82, 2.24) is 15.5 Å². The summed E-state index contributed by atoms with van der Waals surface area (Å²) in [6, 6.07) is 6.90. The molecule has 0 unspecified atom stereocenters. The summed E-state index contributed by atoms with van der Waals surface area (Å²) in [5.74, 6) is -1.15. The van der Waals surface area contributed by atoms with Gasteiger partial charge in [-0.15, -0.1) is 11.6 Å². The molecule has 0 aliphatic heterocycles. The average Bonchev–Trinajstić information content (AvgIpc) is 2.87. The van der Waals surface area contributed by atoms with Gasteiger partial charge < -0.3 is 16.7 Å². The van der Waals surface area contributed by atoms with E-state index in [9.17, 15) is 9.59 Å². The van der Waals surface area contributed by atoms with Crippen LogP contribution >= 0.6 is 0 Å². The Morgan fingerprint density at radius 3 is 2.71 bits per heavy atom. The second-order valence-corrected chi connectivity index (χ2v) is 3.99. The minimum absolute atomic E-state index is 0. The van der Waals surface area contributed by atoms with Gasteiger partial charge in [-0.05, 0) is 19.1 Å². The summed E-state index contributed by atoms with van der Waals surface area (Å²) in [7, 11) is 0. The van der Waals surface area contributed by atoms with Crippen LogP contribution in [0.25, 0.3) is 0 Å². The summed E-state index contributed by atoms with van der Waals surface area (Å²) in [6.45, 7) is 5.54. The SMILES string of the molecule is [CH2-]CNC(=O)c1nnc(NC(=O)c2cccc(C)c2)o1.[Y]. The monoisotopic (exact) mass is 362 g/mol. The van der Waals surface area contributed by atoms with E-state index < -0.39 is 5.91 Å². The van der Waals surface area contributed by atoms with Gasteiger partial charge in [0.1, 0.15) is 0 Å². The number of amides is 2. The molecule has 8 heteroatoms. The summed E-state index contributed by atoms with van der Waals surface area (Å²) < 4.78 is 5.03. The number of nitrogens with zero attached hydrogens (tertiary/aromatic N) is 2. The molecule has 1 radical (unpaired) electrons. The summed E-state index contributed by atoms with van der Waals surface area (Å²) in [5.41, 5.74) is 1.42. The predicted molar refractivity (Wildman–Crippen MR) is 71.1 cm³/mol. The Morgan fingerprint density at radius 2 is 2.05 bits per heavy atom. The first-order valence-electron chi connectivity index (χ1n) is 5.89. The quantitative estimate of drug-likeness (QED) is 0.797. The van der Waals surface area contributed by atoms with Crippen LogP contribution in [0.4, 0.5) is 6.01 Å². The standard InChI is InChI=1S/C13H13N4O3.Y/c1-3-14-11(19)12-16-17-13(20-12)15-10(18)9-6-4-5-8(2)7-9;/h4-7H,1,3H2,2H3,(H,14,19)(H,15,17,18);/q-1;. The molecular formula is C13H13N4O3Y-. The van der Waals surface area contributed by atoms with E-state index in [0.717, 1.165) is 5.56 Å². The van der Waals surface area contributed by atoms with Gasteiger partial charge in [0.25, 0.3) is 5.91 Å². The van der Waals surface area contributed by atoms with Gasteiger partial charge in [-0.25, -0.2) is 0 Å². The minimum atomic E-state index is -0.538. The molecule has 0 aliphatic carbocycles. The zero-order valence-electron chi connectivity index (χ0n) is 11.4. The first-order chi connectivity index (χ1) is 9.60. The van der Waals surface area contributed by atoms with Crippen LogP contribution in [0, 0.1) is 13.8 Å². The molecule has 1 aromatic carbocycles. The molecule has 1 aromatic heterocycles. The third kappa shape index (κ3) is 4.72. The Hall–Kier alpha value is -1.60. The maximum atomic E-state index is 11.9. The third-order valence-electron chi connectivity index (χ3n) is 2.41. The summed E-state index contributed by atoms with van der Waals surface area (Å²) in [5, 5.41) is 11.9. The fraction of sp³-hybridized carbons (Fsp3) is 0.154. The number of aromatic nitrogens is 2. The van der Waals surface area contributed by atoms with Gasteiger partial charge in [-0.2, -0.15) is 0 Å². The summed E-state index contributed by atoms with van der Waals surface area (Å²) >= 11 is 0. The molecule has 2 amide bonds. The van der Waals surface area contributed by atoms with Crippen molar-refractivity contribution in [2.45, 2.75) is 6.92 Å². The van der Waals surface area contributed by atoms with Crippen LogP contribution in [0.5, 0.6) is 0 Å². The van der Waals surface area contributed by atoms with Crippen molar-refractivity contribution in [3.8, 4) is 0 Å². The molecule has 21 heavy (non-hydrogen) atoms. The van der Waals surface area contributed by atoms with Gasteiger partial charge in [0.15, 0.2) is 0 Å². The Labute approximate surface area is 146 Å². The van der Waals surface area contributed by atoms with Crippen LogP contribution in [0.1, 0.15) is 26.6 Å². The van der Waals surface area contributed by atoms with Crippen LogP contribution < -0.4 is 10.6 Å². The molecule has 2 aromatic rings. The average molecular weight is 362 g/mol. The van der Waals surface area contributed by atoms with Crippen LogP contribution in [0.15, 0.2) is 28.7 Å². The number of nitrogens with one attached hydrogen (secondary N) is 2. The molecule has 0 aliphatic rings. The van der Waals surface area contributed by atoms with Gasteiger partial charge >= 0.3 is 17.8 Å². The van der Waals surface area contributed by atoms with E-state index in [4.69, 9.17) is 4.42 Å². The second kappa shape index (κ2) is 8.00. The Morgan fingerprint density at radius 1 is 1.29 bits per heavy atom. The number of hydrogen-bond acceptors (Lipinski definition) is 5. The van der Waals surface area contributed by atoms with Crippen molar-refractivity contribution in [2.75, 3.05) is 11.9 Å². The van der Waals surface area contributed by atoms with Gasteiger partial charge in [0.05, 0.1) is 0 Å². The van der Waals surface area contributed by atoms with Gasteiger partial charge in [-0.3, -0.25) is 14.9 Å². The van der Waals surface area contributed by atoms with Crippen molar-refractivity contribution >= 4 is 17.8 Å². The normalized spacial score (nSPS) is 9.62. The number of carbonyl (C=O) groups excluding carboxylic acids is 2. The molecule has 0 atom stereocenters. The minimum Gasteiger partial charge on any atom is -0.399 e. The molecule has 0 saturated heterocycles. The molecule has 7 nitrogen and oxygen atoms in total. The maximum absolute atomic E-state index is 11.9. The van der Waals surface area contributed by atoms with E-state index in [1.807, 2.05) is 13.0 Å². The Balaban J connectivity index is 0.00000220. The van der Waals surface area contributed by atoms with Crippen LogP contribution in [0.2, 0.25) is 0 Å². The largest absolute Gasteiger partial charge is 0.399 e. The smallest absolute Gasteiger partial charge is 0.322 e. The van der Waals surface area contributed by atoms with Crippen molar-refractivity contribution in [2.24, 2.45) is 0 Å². The third-order valence-corrected chi connectivity index (χ3v) is 2.41. The second-order valence-electron chi connectivity index (χ2n) is 3.99. The molecular weight excluding hydrogens is 349 g/mol. The van der Waals surface area contributed by atoms with E-state index >= 15 is 0 Å². The van der Waals surface area contributed by atoms with Crippen LogP contribution in [-0.2, 0) is 32.7 Å². The molecule has 0 fully saturated rings. The fourth-order valence-corrected chi connectivity index (χ4v) is 1.51. The number of carbonyl (C=O) groups is 2. The molecule has 0 bridgehead atoms. The van der Waals surface area contributed by atoms with E-state index in [1.165, 1.54) is 0 Å². The van der Waals surface area contributed by atoms with E-state index in [2.05, 4.69) is 27.8 Å². The summed E-state index contributed by atoms with van der Waals surface area (Å²) in [4.78, 5) is 23.3. The van der Waals surface area contributed by atoms with E-state index in [1.54, 1.807) is 18.2 Å². The van der Waals surface area contributed by atoms with Crippen molar-refractivity contribution in [1.29, 1.82) is 0 Å². The van der Waals surface area contributed by atoms with E-state index in [-0.39, 0.29) is 57.1 Å². The van der Waals surface area contributed by atoms with Crippen molar-refractivity contribution < 1.29 is 46.7 Å². The Bertz CT molecular complexity index is 642. The number of rotatable bonds is 4. The number of anilines is 1. The van der Waals surface area contributed by atoms with Crippen molar-refractivity contribution in [3.05, 3.63) is 48.2 Å². The van der Waals surface area contributed by atoms with Gasteiger partial charge in [0, 0.05) is 38.3 Å². The van der Waals surface area contributed by atoms with Gasteiger partial charge in [-0.1, -0.05) is 22.8 Å². The van der Waals surface area contributed by atoms with Gasteiger partial charge in [0.2, 0.25) is 0 Å². The molecule has 2 rings (SSSR count). The topological polar surface area (TPSA) is 97.1 Å². The zero-order chi connectivity index (χ0) is 14.5. The summed E-state index contributed by atoms with van der Waals surface area (Å²) in [6.07, 6.45) is 0. The van der Waals surface area contributed by atoms with Crippen LogP contribution in [-0.4, -0.2) is 28.6 Å². The fourth-order valence-electron chi connectivity index (χ4n) is 1.51. The zero-order valence-corrected chi connectivity index (χ0v) is 14.3. The van der Waals surface area contributed by atoms with Crippen molar-refractivity contribution in [3.63, 3.8) is 0 Å². The first kappa shape index (κ1) is 17.5. The number of benzene rings is 1. The molecule has 2 N–H and O–H groups in total. The predicted octanol–water partition coefficient (Wildman–Crippen LogP) is 1.19. The first-order valence-corrected chi connectivity index (χ1v) is 5.89. The number of hydrogen-bond donors (Lipinski definition) is 2. The number of aryl methyl sites for hydroxylation is 1. The molecule has 0 spiro atoms. The maximum Gasteiger partial charge on any atom is 0.322 e. The molecule has 0 saturated carbocycles. The molecule has 107 valence electrons. The Kier molecular flexibility index (Phi) is 6.65. The van der Waals surface area contributed by atoms with E-state index in [0.29, 0.717) is 5.56 Å². The molecule has 1 heterocycles. The van der Waals surface area contributed by atoms with Crippen LogP contribution in [0.3, 0.4) is 0 Å².